The first-order valence-corrected chi connectivity index (χ1v) is 8.27. The molecule has 0 spiro atoms. The van der Waals surface area contributed by atoms with Gasteiger partial charge in [0, 0.05) is 0 Å². The molecule has 4 heteroatoms. The van der Waals surface area contributed by atoms with E-state index in [2.05, 4.69) is 45.1 Å². The molecule has 0 aromatic heterocycles. The Kier molecular flexibility index (Phi) is 7.90. The molecule has 0 unspecified atom stereocenters. The van der Waals surface area contributed by atoms with Crippen molar-refractivity contribution >= 4 is 5.91 Å². The Balaban J connectivity index is 0.00000264. The van der Waals surface area contributed by atoms with Crippen LogP contribution in [0.3, 0.4) is 0 Å². The molecule has 129 valence electrons. The van der Waals surface area contributed by atoms with Gasteiger partial charge in [-0.25, -0.2) is 0 Å². The van der Waals surface area contributed by atoms with Gasteiger partial charge >= 0.3 is 19.5 Å². The van der Waals surface area contributed by atoms with E-state index in [9.17, 15) is 9.90 Å². The number of fused-ring (bicyclic) bond motifs is 1. The SMILES string of the molecule is [CH2-][C@H](C[C@H](O)CC(C)C)C(=O)N[C@H]1c2ccccc2C[C@H]1C.[Ru+]. The average molecular weight is 404 g/mol. The summed E-state index contributed by atoms with van der Waals surface area (Å²) in [6, 6.07) is 8.35. The Morgan fingerprint density at radius 1 is 1.35 bits per heavy atom. The predicted octanol–water partition coefficient (Wildman–Crippen LogP) is 3.28. The molecule has 0 aliphatic heterocycles. The van der Waals surface area contributed by atoms with Gasteiger partial charge < -0.3 is 17.3 Å². The van der Waals surface area contributed by atoms with Crippen LogP contribution in [0.25, 0.3) is 0 Å². The fraction of sp³-hybridized carbons (Fsp3) is 0.579. The summed E-state index contributed by atoms with van der Waals surface area (Å²) in [7, 11) is 0. The molecular weight excluding hydrogens is 375 g/mol. The fourth-order valence-corrected chi connectivity index (χ4v) is 3.36. The van der Waals surface area contributed by atoms with Crippen LogP contribution >= 0.6 is 0 Å². The van der Waals surface area contributed by atoms with Gasteiger partial charge in [-0.2, -0.15) is 0 Å². The van der Waals surface area contributed by atoms with Crippen molar-refractivity contribution < 1.29 is 29.4 Å². The van der Waals surface area contributed by atoms with Crippen molar-refractivity contribution in [3.63, 3.8) is 0 Å². The summed E-state index contributed by atoms with van der Waals surface area (Å²) >= 11 is 0. The molecule has 1 radical (unpaired) electrons. The second-order valence-electron chi connectivity index (χ2n) is 7.08. The molecule has 0 saturated heterocycles. The molecule has 0 heterocycles. The first kappa shape index (κ1) is 20.3. The van der Waals surface area contributed by atoms with Crippen molar-refractivity contribution in [3.8, 4) is 0 Å². The molecule has 4 atom stereocenters. The number of carbonyl (C=O) groups excluding carboxylic acids is 1. The standard InChI is InChI=1S/C19H28NO2.Ru/c1-12(2)9-16(21)11-14(4)19(22)20-18-13(3)10-15-7-5-6-8-17(15)18;/h5-8,12-14,16,18,21H,4,9-11H2,1-3H3,(H,20,22);/q-1;+1/t13-,14-,16-,18-;/m1./s1. The number of benzene rings is 1. The molecule has 1 amide bonds. The Bertz CT molecular complexity index is 518. The molecule has 1 aliphatic rings. The van der Waals surface area contributed by atoms with Crippen LogP contribution < -0.4 is 5.32 Å². The normalized spacial score (nSPS) is 22.2. The van der Waals surface area contributed by atoms with Crippen molar-refractivity contribution in [2.24, 2.45) is 17.8 Å². The third-order valence-electron chi connectivity index (χ3n) is 4.47. The van der Waals surface area contributed by atoms with E-state index in [1.807, 2.05) is 12.1 Å². The van der Waals surface area contributed by atoms with Crippen LogP contribution in [-0.2, 0) is 30.7 Å². The van der Waals surface area contributed by atoms with Gasteiger partial charge in [-0.1, -0.05) is 51.0 Å². The van der Waals surface area contributed by atoms with Crippen LogP contribution in [0.15, 0.2) is 24.3 Å². The van der Waals surface area contributed by atoms with Gasteiger partial charge in [-0.15, -0.1) is 0 Å². The Hall–Kier alpha value is -0.727. The zero-order chi connectivity index (χ0) is 16.3. The number of hydrogen-bond acceptors (Lipinski definition) is 2. The van der Waals surface area contributed by atoms with Crippen LogP contribution in [0.5, 0.6) is 0 Å². The van der Waals surface area contributed by atoms with Crippen LogP contribution in [0.4, 0.5) is 0 Å². The van der Waals surface area contributed by atoms with E-state index in [1.165, 1.54) is 11.1 Å². The monoisotopic (exact) mass is 404 g/mol. The largest absolute Gasteiger partial charge is 1.00 e. The summed E-state index contributed by atoms with van der Waals surface area (Å²) in [5.74, 6) is 0.353. The molecule has 1 aliphatic carbocycles. The van der Waals surface area contributed by atoms with Crippen molar-refractivity contribution in [3.05, 3.63) is 42.3 Å². The van der Waals surface area contributed by atoms with Crippen molar-refractivity contribution in [2.45, 2.75) is 52.2 Å². The zero-order valence-corrected chi connectivity index (χ0v) is 16.0. The number of nitrogens with one attached hydrogen (secondary N) is 1. The fourth-order valence-electron chi connectivity index (χ4n) is 3.36. The number of amides is 1. The molecule has 1 aromatic rings. The minimum atomic E-state index is -0.457. The summed E-state index contributed by atoms with van der Waals surface area (Å²) in [4.78, 5) is 12.4. The van der Waals surface area contributed by atoms with E-state index in [0.29, 0.717) is 24.7 Å². The second-order valence-corrected chi connectivity index (χ2v) is 7.08. The van der Waals surface area contributed by atoms with Crippen LogP contribution in [0.1, 0.15) is 50.8 Å². The molecule has 0 bridgehead atoms. The van der Waals surface area contributed by atoms with Crippen molar-refractivity contribution in [2.75, 3.05) is 0 Å². The van der Waals surface area contributed by atoms with Crippen LogP contribution in [-0.4, -0.2) is 17.1 Å². The minimum absolute atomic E-state index is 0. The predicted molar refractivity (Wildman–Crippen MR) is 89.1 cm³/mol. The number of rotatable bonds is 6. The molecule has 23 heavy (non-hydrogen) atoms. The van der Waals surface area contributed by atoms with Gasteiger partial charge in [-0.3, -0.25) is 4.79 Å². The Labute approximate surface area is 153 Å². The van der Waals surface area contributed by atoms with Gasteiger partial charge in [0.2, 0.25) is 0 Å². The van der Waals surface area contributed by atoms with E-state index in [0.717, 1.165) is 6.42 Å². The summed E-state index contributed by atoms with van der Waals surface area (Å²) < 4.78 is 0. The number of hydrogen-bond donors (Lipinski definition) is 2. The van der Waals surface area contributed by atoms with Gasteiger partial charge in [0.1, 0.15) is 0 Å². The third kappa shape index (κ3) is 5.39. The molecule has 2 rings (SSSR count). The van der Waals surface area contributed by atoms with E-state index < -0.39 is 12.0 Å². The number of carbonyl (C=O) groups is 1. The maximum atomic E-state index is 12.4. The first-order valence-electron chi connectivity index (χ1n) is 8.27. The maximum Gasteiger partial charge on any atom is 1.00 e. The molecular formula is C19H28NO2Ru. The molecule has 3 nitrogen and oxygen atoms in total. The minimum Gasteiger partial charge on any atom is -0.393 e. The summed E-state index contributed by atoms with van der Waals surface area (Å²) in [6.45, 7) is 10.2. The quantitative estimate of drug-likeness (QED) is 0.566. The second kappa shape index (κ2) is 8.94. The average Bonchev–Trinajstić information content (AvgIpc) is 2.74. The van der Waals surface area contributed by atoms with Gasteiger partial charge in [0.05, 0.1) is 12.1 Å². The summed E-state index contributed by atoms with van der Waals surface area (Å²) in [6.07, 6.45) is 1.68. The summed E-state index contributed by atoms with van der Waals surface area (Å²) in [5.41, 5.74) is 2.54. The van der Waals surface area contributed by atoms with Crippen LogP contribution in [0.2, 0.25) is 0 Å². The number of aliphatic hydroxyl groups excluding tert-OH is 1. The smallest absolute Gasteiger partial charge is 0.393 e. The number of aliphatic hydroxyl groups is 1. The van der Waals surface area contributed by atoms with Gasteiger partial charge in [0.15, 0.2) is 5.91 Å². The van der Waals surface area contributed by atoms with Gasteiger partial charge in [0.25, 0.3) is 0 Å². The van der Waals surface area contributed by atoms with E-state index in [4.69, 9.17) is 0 Å². The van der Waals surface area contributed by atoms with E-state index >= 15 is 0 Å². The first-order chi connectivity index (χ1) is 10.4. The van der Waals surface area contributed by atoms with Crippen LogP contribution in [0, 0.1) is 24.7 Å². The third-order valence-corrected chi connectivity index (χ3v) is 4.47. The van der Waals surface area contributed by atoms with E-state index in [-0.39, 0.29) is 31.4 Å². The Morgan fingerprint density at radius 3 is 2.65 bits per heavy atom. The van der Waals surface area contributed by atoms with E-state index in [1.54, 1.807) is 0 Å². The molecule has 0 fully saturated rings. The van der Waals surface area contributed by atoms with Crippen molar-refractivity contribution in [1.82, 2.24) is 5.32 Å². The molecule has 2 N–H and O–H groups in total. The zero-order valence-electron chi connectivity index (χ0n) is 14.2. The molecule has 1 aromatic carbocycles. The van der Waals surface area contributed by atoms with Crippen molar-refractivity contribution in [1.29, 1.82) is 0 Å². The summed E-state index contributed by atoms with van der Waals surface area (Å²) in [5, 5.41) is 13.1. The molecule has 0 saturated carbocycles. The topological polar surface area (TPSA) is 49.3 Å². The Morgan fingerprint density at radius 2 is 2.00 bits per heavy atom. The maximum absolute atomic E-state index is 12.4. The van der Waals surface area contributed by atoms with Gasteiger partial charge in [-0.05, 0) is 42.2 Å².